The molecule has 1 amide bonds. The van der Waals surface area contributed by atoms with E-state index in [0.29, 0.717) is 17.4 Å². The van der Waals surface area contributed by atoms with Crippen LogP contribution in [-0.4, -0.2) is 35.0 Å². The highest BCUT2D eigenvalue weighted by Crippen LogP contribution is 2.16. The molecule has 1 aromatic rings. The minimum absolute atomic E-state index is 0.123. The fourth-order valence-electron chi connectivity index (χ4n) is 1.13. The highest BCUT2D eigenvalue weighted by molar-refractivity contribution is 7.99. The van der Waals surface area contributed by atoms with Crippen LogP contribution in [-0.2, 0) is 4.79 Å². The van der Waals surface area contributed by atoms with Gasteiger partial charge in [0, 0.05) is 28.1 Å². The van der Waals surface area contributed by atoms with E-state index in [0.717, 1.165) is 11.0 Å². The number of carboxylic acid groups (broad SMARTS) is 1. The van der Waals surface area contributed by atoms with Gasteiger partial charge in [-0.15, -0.1) is 11.3 Å². The number of carbonyl (C=O) groups excluding carboxylic acids is 1. The van der Waals surface area contributed by atoms with Crippen LogP contribution in [0.2, 0.25) is 0 Å². The number of hydrogen-bond donors (Lipinski definition) is 2. The molecular weight excluding hydrogens is 270 g/mol. The summed E-state index contributed by atoms with van der Waals surface area (Å²) in [6.45, 7) is 2.66. The molecule has 0 aliphatic rings. The zero-order chi connectivity index (χ0) is 13.5. The quantitative estimate of drug-likeness (QED) is 0.787. The molecule has 1 atom stereocenters. The van der Waals surface area contributed by atoms with Crippen LogP contribution in [0.5, 0.6) is 0 Å². The average molecular weight is 285 g/mol. The predicted molar refractivity (Wildman–Crippen MR) is 76.3 cm³/mol. The molecule has 0 saturated carbocycles. The summed E-state index contributed by atoms with van der Waals surface area (Å²) in [4.78, 5) is 22.9. The molecule has 0 aliphatic heterocycles. The Morgan fingerprint density at radius 1 is 1.61 bits per heavy atom. The van der Waals surface area contributed by atoms with Crippen molar-refractivity contribution in [1.29, 1.82) is 0 Å². The van der Waals surface area contributed by atoms with Crippen LogP contribution in [0.25, 0.3) is 6.08 Å². The Hall–Kier alpha value is -1.27. The van der Waals surface area contributed by atoms with E-state index in [1.165, 1.54) is 17.4 Å². The first-order chi connectivity index (χ1) is 8.52. The third-order valence-electron chi connectivity index (χ3n) is 2.22. The number of hydrogen-bond acceptors (Lipinski definition) is 4. The Balaban J connectivity index is 2.57. The fourth-order valence-corrected chi connectivity index (χ4v) is 2.16. The zero-order valence-electron chi connectivity index (χ0n) is 10.2. The number of thiophene rings is 1. The van der Waals surface area contributed by atoms with E-state index >= 15 is 0 Å². The van der Waals surface area contributed by atoms with E-state index in [9.17, 15) is 9.59 Å². The molecule has 0 spiro atoms. The highest BCUT2D eigenvalue weighted by Gasteiger charge is 2.08. The lowest BCUT2D eigenvalue weighted by molar-refractivity contribution is -0.131. The molecule has 0 bridgehead atoms. The van der Waals surface area contributed by atoms with Gasteiger partial charge in [0.15, 0.2) is 0 Å². The van der Waals surface area contributed by atoms with Gasteiger partial charge >= 0.3 is 5.97 Å². The van der Waals surface area contributed by atoms with Crippen molar-refractivity contribution in [1.82, 2.24) is 5.32 Å². The molecular formula is C12H15NO3S2. The molecule has 0 saturated heterocycles. The standard InChI is InChI=1S/C12H15NO3S2/c1-8(17-2)6-13-12(16)9-5-10(18-7-9)3-4-11(14)15/h3-5,7-8H,6H2,1-2H3,(H,13,16)(H,14,15)/b4-3+. The Morgan fingerprint density at radius 3 is 2.94 bits per heavy atom. The number of nitrogens with one attached hydrogen (secondary N) is 1. The third kappa shape index (κ3) is 4.93. The summed E-state index contributed by atoms with van der Waals surface area (Å²) >= 11 is 3.03. The molecule has 0 aliphatic carbocycles. The van der Waals surface area contributed by atoms with Crippen molar-refractivity contribution < 1.29 is 14.7 Å². The van der Waals surface area contributed by atoms with E-state index in [4.69, 9.17) is 5.11 Å². The van der Waals surface area contributed by atoms with E-state index in [2.05, 4.69) is 5.32 Å². The number of thioether (sulfide) groups is 1. The first-order valence-electron chi connectivity index (χ1n) is 5.33. The summed E-state index contributed by atoms with van der Waals surface area (Å²) in [5, 5.41) is 13.4. The molecule has 1 heterocycles. The Bertz CT molecular complexity index is 454. The third-order valence-corrected chi connectivity index (χ3v) is 4.09. The zero-order valence-corrected chi connectivity index (χ0v) is 11.8. The van der Waals surface area contributed by atoms with Gasteiger partial charge < -0.3 is 10.4 Å². The summed E-state index contributed by atoms with van der Waals surface area (Å²) in [6.07, 6.45) is 4.54. The van der Waals surface area contributed by atoms with Gasteiger partial charge in [0.2, 0.25) is 0 Å². The molecule has 2 N–H and O–H groups in total. The monoisotopic (exact) mass is 285 g/mol. The van der Waals surface area contributed by atoms with Crippen molar-refractivity contribution in [3.05, 3.63) is 28.0 Å². The molecule has 1 rings (SSSR count). The highest BCUT2D eigenvalue weighted by atomic mass is 32.2. The number of rotatable bonds is 6. The topological polar surface area (TPSA) is 66.4 Å². The van der Waals surface area contributed by atoms with Gasteiger partial charge in [-0.1, -0.05) is 6.92 Å². The molecule has 0 radical (unpaired) electrons. The largest absolute Gasteiger partial charge is 0.478 e. The lowest BCUT2D eigenvalue weighted by Crippen LogP contribution is -2.28. The van der Waals surface area contributed by atoms with Crippen LogP contribution in [0.4, 0.5) is 0 Å². The first kappa shape index (κ1) is 14.8. The minimum Gasteiger partial charge on any atom is -0.478 e. The number of carbonyl (C=O) groups is 2. The van der Waals surface area contributed by atoms with Gasteiger partial charge in [0.1, 0.15) is 0 Å². The second-order valence-corrected chi connectivity index (χ2v) is 5.88. The molecule has 18 heavy (non-hydrogen) atoms. The molecule has 1 aromatic heterocycles. The van der Waals surface area contributed by atoms with Crippen LogP contribution in [0.1, 0.15) is 22.2 Å². The molecule has 6 heteroatoms. The van der Waals surface area contributed by atoms with Gasteiger partial charge in [0.05, 0.1) is 5.56 Å². The van der Waals surface area contributed by atoms with Gasteiger partial charge in [-0.05, 0) is 18.4 Å². The molecule has 1 unspecified atom stereocenters. The van der Waals surface area contributed by atoms with E-state index in [1.54, 1.807) is 23.2 Å². The van der Waals surface area contributed by atoms with Crippen molar-refractivity contribution in [2.45, 2.75) is 12.2 Å². The first-order valence-corrected chi connectivity index (χ1v) is 7.50. The van der Waals surface area contributed by atoms with Crippen LogP contribution < -0.4 is 5.32 Å². The lowest BCUT2D eigenvalue weighted by Gasteiger charge is -2.08. The molecule has 98 valence electrons. The molecule has 0 fully saturated rings. The van der Waals surface area contributed by atoms with Crippen molar-refractivity contribution in [3.8, 4) is 0 Å². The van der Waals surface area contributed by atoms with Gasteiger partial charge in [-0.2, -0.15) is 11.8 Å². The fraction of sp³-hybridized carbons (Fsp3) is 0.333. The number of amides is 1. The summed E-state index contributed by atoms with van der Waals surface area (Å²) in [6, 6.07) is 1.68. The van der Waals surface area contributed by atoms with E-state index in [-0.39, 0.29) is 5.91 Å². The van der Waals surface area contributed by atoms with Gasteiger partial charge in [-0.3, -0.25) is 4.79 Å². The molecule has 0 aromatic carbocycles. The maximum absolute atomic E-state index is 11.8. The van der Waals surface area contributed by atoms with Crippen LogP contribution in [0.3, 0.4) is 0 Å². The van der Waals surface area contributed by atoms with Crippen LogP contribution in [0.15, 0.2) is 17.5 Å². The van der Waals surface area contributed by atoms with Crippen molar-refractivity contribution in [2.75, 3.05) is 12.8 Å². The second kappa shape index (κ2) is 7.23. The van der Waals surface area contributed by atoms with Crippen molar-refractivity contribution >= 4 is 41.1 Å². The minimum atomic E-state index is -0.997. The predicted octanol–water partition coefficient (Wildman–Crippen LogP) is 2.33. The van der Waals surface area contributed by atoms with Crippen molar-refractivity contribution in [2.24, 2.45) is 0 Å². The van der Waals surface area contributed by atoms with Crippen molar-refractivity contribution in [3.63, 3.8) is 0 Å². The Labute approximate surface area is 114 Å². The molecule has 4 nitrogen and oxygen atoms in total. The van der Waals surface area contributed by atoms with E-state index in [1.807, 2.05) is 13.2 Å². The number of aliphatic carboxylic acids is 1. The number of carboxylic acids is 1. The Morgan fingerprint density at radius 2 is 2.33 bits per heavy atom. The second-order valence-electron chi connectivity index (χ2n) is 3.67. The van der Waals surface area contributed by atoms with Gasteiger partial charge in [-0.25, -0.2) is 4.79 Å². The maximum Gasteiger partial charge on any atom is 0.328 e. The average Bonchev–Trinajstić information content (AvgIpc) is 2.81. The van der Waals surface area contributed by atoms with Crippen LogP contribution in [0, 0.1) is 0 Å². The summed E-state index contributed by atoms with van der Waals surface area (Å²) in [7, 11) is 0. The van der Waals surface area contributed by atoms with Crippen LogP contribution >= 0.6 is 23.1 Å². The summed E-state index contributed by atoms with van der Waals surface area (Å²) < 4.78 is 0. The maximum atomic E-state index is 11.8. The Kier molecular flexibility index (Phi) is 5.94. The SMILES string of the molecule is CSC(C)CNC(=O)c1csc(/C=C/C(=O)O)c1. The summed E-state index contributed by atoms with van der Waals surface area (Å²) in [5.41, 5.74) is 0.568. The van der Waals surface area contributed by atoms with E-state index < -0.39 is 5.97 Å². The smallest absolute Gasteiger partial charge is 0.328 e. The normalized spacial score (nSPS) is 12.6. The summed E-state index contributed by atoms with van der Waals surface area (Å²) in [5.74, 6) is -1.12. The lowest BCUT2D eigenvalue weighted by atomic mass is 10.3. The van der Waals surface area contributed by atoms with Gasteiger partial charge in [0.25, 0.3) is 5.91 Å².